The molecular weight excluding hydrogens is 346 g/mol. The van der Waals surface area contributed by atoms with Crippen LogP contribution in [0.15, 0.2) is 29.4 Å². The van der Waals surface area contributed by atoms with Crippen LogP contribution >= 0.6 is 11.8 Å². The van der Waals surface area contributed by atoms with Crippen molar-refractivity contribution in [1.82, 2.24) is 24.9 Å². The Balaban J connectivity index is 1.45. The van der Waals surface area contributed by atoms with Crippen molar-refractivity contribution in [2.75, 3.05) is 5.75 Å². The fraction of sp³-hybridized carbons (Fsp3) is 0.474. The van der Waals surface area contributed by atoms with Crippen molar-refractivity contribution < 1.29 is 4.79 Å². The molecule has 0 bridgehead atoms. The van der Waals surface area contributed by atoms with Crippen LogP contribution in [0.2, 0.25) is 0 Å². The molecule has 0 radical (unpaired) electrons. The van der Waals surface area contributed by atoms with Crippen LogP contribution in [0.25, 0.3) is 16.6 Å². The van der Waals surface area contributed by atoms with Gasteiger partial charge in [0.05, 0.1) is 5.52 Å². The smallest absolute Gasteiger partial charge is 0.221 e. The first kappa shape index (κ1) is 17.3. The van der Waals surface area contributed by atoms with Crippen LogP contribution in [0.4, 0.5) is 0 Å². The summed E-state index contributed by atoms with van der Waals surface area (Å²) in [7, 11) is 0. The van der Waals surface area contributed by atoms with E-state index in [1.807, 2.05) is 31.2 Å². The number of hydrogen-bond acceptors (Lipinski definition) is 5. The van der Waals surface area contributed by atoms with Crippen LogP contribution in [0.3, 0.4) is 0 Å². The van der Waals surface area contributed by atoms with Crippen molar-refractivity contribution in [3.63, 3.8) is 0 Å². The highest BCUT2D eigenvalue weighted by molar-refractivity contribution is 7.99. The van der Waals surface area contributed by atoms with Gasteiger partial charge in [0.1, 0.15) is 5.82 Å². The monoisotopic (exact) mass is 369 g/mol. The molecule has 2 heterocycles. The van der Waals surface area contributed by atoms with Crippen LogP contribution in [0, 0.1) is 6.92 Å². The van der Waals surface area contributed by atoms with Gasteiger partial charge < -0.3 is 5.32 Å². The first-order valence-electron chi connectivity index (χ1n) is 9.25. The van der Waals surface area contributed by atoms with E-state index in [4.69, 9.17) is 4.98 Å². The molecule has 0 saturated heterocycles. The summed E-state index contributed by atoms with van der Waals surface area (Å²) in [6, 6.07) is 8.32. The Morgan fingerprint density at radius 1 is 1.23 bits per heavy atom. The van der Waals surface area contributed by atoms with Crippen molar-refractivity contribution in [2.24, 2.45) is 0 Å². The minimum Gasteiger partial charge on any atom is -0.353 e. The van der Waals surface area contributed by atoms with Crippen molar-refractivity contribution in [2.45, 2.75) is 56.6 Å². The number of benzene rings is 1. The molecule has 1 saturated carbocycles. The first-order chi connectivity index (χ1) is 12.7. The average Bonchev–Trinajstić information content (AvgIpc) is 3.04. The molecule has 7 heteroatoms. The van der Waals surface area contributed by atoms with Crippen molar-refractivity contribution in [3.05, 3.63) is 30.1 Å². The highest BCUT2D eigenvalue weighted by Crippen LogP contribution is 2.24. The summed E-state index contributed by atoms with van der Waals surface area (Å²) in [5.41, 5.74) is 1.73. The number of amides is 1. The Hall–Kier alpha value is -2.15. The number of aryl methyl sites for hydroxylation is 1. The number of nitrogens with one attached hydrogen (secondary N) is 1. The standard InChI is InChI=1S/C19H23N5OS/c1-13-20-18-15-9-5-6-10-16(15)22-19(24(18)23-13)26-12-11-17(25)21-14-7-3-2-4-8-14/h5-6,9-10,14H,2-4,7-8,11-12H2,1H3,(H,21,25). The highest BCUT2D eigenvalue weighted by atomic mass is 32.2. The van der Waals surface area contributed by atoms with E-state index in [0.29, 0.717) is 18.2 Å². The molecule has 1 amide bonds. The van der Waals surface area contributed by atoms with Crippen LogP contribution in [0.1, 0.15) is 44.3 Å². The molecular formula is C19H23N5OS. The van der Waals surface area contributed by atoms with Gasteiger partial charge in [-0.2, -0.15) is 4.52 Å². The third-order valence-corrected chi connectivity index (χ3v) is 5.72. The molecule has 1 N–H and O–H groups in total. The van der Waals surface area contributed by atoms with Gasteiger partial charge in [0, 0.05) is 23.6 Å². The van der Waals surface area contributed by atoms with E-state index >= 15 is 0 Å². The lowest BCUT2D eigenvalue weighted by Crippen LogP contribution is -2.36. The molecule has 0 unspecified atom stereocenters. The zero-order valence-electron chi connectivity index (χ0n) is 14.9. The third kappa shape index (κ3) is 3.67. The molecule has 1 aromatic carbocycles. The summed E-state index contributed by atoms with van der Waals surface area (Å²) in [5.74, 6) is 1.54. The molecule has 0 spiro atoms. The number of rotatable bonds is 5. The van der Waals surface area contributed by atoms with Crippen LogP contribution in [-0.2, 0) is 4.79 Å². The summed E-state index contributed by atoms with van der Waals surface area (Å²) >= 11 is 1.56. The molecule has 136 valence electrons. The predicted octanol–water partition coefficient (Wildman–Crippen LogP) is 3.52. The quantitative estimate of drug-likeness (QED) is 0.550. The lowest BCUT2D eigenvalue weighted by molar-refractivity contribution is -0.121. The van der Waals surface area contributed by atoms with Gasteiger partial charge in [-0.3, -0.25) is 4.79 Å². The number of aromatic nitrogens is 4. The molecule has 3 aromatic rings. The second kappa shape index (κ2) is 7.61. The Labute approximate surface area is 156 Å². The zero-order chi connectivity index (χ0) is 17.9. The second-order valence-corrected chi connectivity index (χ2v) is 7.87. The normalized spacial score (nSPS) is 15.6. The first-order valence-corrected chi connectivity index (χ1v) is 10.2. The number of nitrogens with zero attached hydrogens (tertiary/aromatic N) is 4. The van der Waals surface area contributed by atoms with E-state index in [2.05, 4.69) is 15.4 Å². The van der Waals surface area contributed by atoms with Gasteiger partial charge in [0.25, 0.3) is 0 Å². The number of para-hydroxylation sites is 1. The summed E-state index contributed by atoms with van der Waals surface area (Å²) < 4.78 is 1.79. The van der Waals surface area contributed by atoms with E-state index in [1.165, 1.54) is 19.3 Å². The molecule has 1 aliphatic rings. The number of carbonyl (C=O) groups excluding carboxylic acids is 1. The van der Waals surface area contributed by atoms with Gasteiger partial charge in [0.15, 0.2) is 10.8 Å². The second-order valence-electron chi connectivity index (χ2n) is 6.81. The fourth-order valence-corrected chi connectivity index (χ4v) is 4.39. The van der Waals surface area contributed by atoms with Crippen molar-refractivity contribution in [3.8, 4) is 0 Å². The molecule has 0 atom stereocenters. The lowest BCUT2D eigenvalue weighted by Gasteiger charge is -2.22. The molecule has 0 aliphatic heterocycles. The van der Waals surface area contributed by atoms with E-state index in [9.17, 15) is 4.79 Å². The molecule has 26 heavy (non-hydrogen) atoms. The zero-order valence-corrected chi connectivity index (χ0v) is 15.8. The minimum absolute atomic E-state index is 0.135. The van der Waals surface area contributed by atoms with Crippen LogP contribution < -0.4 is 5.32 Å². The fourth-order valence-electron chi connectivity index (χ4n) is 3.51. The predicted molar refractivity (Wildman–Crippen MR) is 103 cm³/mol. The van der Waals surface area contributed by atoms with E-state index < -0.39 is 0 Å². The van der Waals surface area contributed by atoms with Gasteiger partial charge in [-0.25, -0.2) is 9.97 Å². The van der Waals surface area contributed by atoms with Gasteiger partial charge >= 0.3 is 0 Å². The number of thioether (sulfide) groups is 1. The summed E-state index contributed by atoms with van der Waals surface area (Å²) in [6.07, 6.45) is 6.47. The Bertz CT molecular complexity index is 932. The Morgan fingerprint density at radius 2 is 2.04 bits per heavy atom. The summed E-state index contributed by atoms with van der Waals surface area (Å²) in [5, 5.41) is 9.42. The number of fused-ring (bicyclic) bond motifs is 3. The SMILES string of the molecule is Cc1nc2c3ccccc3nc(SCCC(=O)NC3CCCCC3)n2n1. The average molecular weight is 369 g/mol. The maximum Gasteiger partial charge on any atom is 0.221 e. The highest BCUT2D eigenvalue weighted by Gasteiger charge is 2.16. The van der Waals surface area contributed by atoms with Crippen LogP contribution in [0.5, 0.6) is 0 Å². The molecule has 4 rings (SSSR count). The van der Waals surface area contributed by atoms with E-state index in [1.54, 1.807) is 16.3 Å². The Morgan fingerprint density at radius 3 is 2.88 bits per heavy atom. The summed E-state index contributed by atoms with van der Waals surface area (Å²) in [6.45, 7) is 1.88. The van der Waals surface area contributed by atoms with E-state index in [0.717, 1.165) is 40.4 Å². The minimum atomic E-state index is 0.135. The molecule has 1 aliphatic carbocycles. The third-order valence-electron chi connectivity index (χ3n) is 4.79. The number of hydrogen-bond donors (Lipinski definition) is 1. The Kier molecular flexibility index (Phi) is 5.06. The maximum atomic E-state index is 12.2. The molecule has 2 aromatic heterocycles. The maximum absolute atomic E-state index is 12.2. The van der Waals surface area contributed by atoms with Gasteiger partial charge in [-0.1, -0.05) is 43.2 Å². The van der Waals surface area contributed by atoms with Crippen LogP contribution in [-0.4, -0.2) is 37.3 Å². The lowest BCUT2D eigenvalue weighted by atomic mass is 9.95. The summed E-state index contributed by atoms with van der Waals surface area (Å²) in [4.78, 5) is 21.5. The van der Waals surface area contributed by atoms with Gasteiger partial charge in [-0.05, 0) is 31.9 Å². The topological polar surface area (TPSA) is 72.2 Å². The van der Waals surface area contributed by atoms with Crippen molar-refractivity contribution >= 4 is 34.2 Å². The van der Waals surface area contributed by atoms with Gasteiger partial charge in [-0.15, -0.1) is 5.10 Å². The number of carbonyl (C=O) groups is 1. The molecule has 1 fully saturated rings. The largest absolute Gasteiger partial charge is 0.353 e. The van der Waals surface area contributed by atoms with Gasteiger partial charge in [0.2, 0.25) is 5.91 Å². The van der Waals surface area contributed by atoms with E-state index in [-0.39, 0.29) is 5.91 Å². The molecule has 6 nitrogen and oxygen atoms in total. The van der Waals surface area contributed by atoms with Crippen molar-refractivity contribution in [1.29, 1.82) is 0 Å².